The van der Waals surface area contributed by atoms with Crippen LogP contribution >= 0.6 is 11.6 Å². The number of carbonyl (C=O) groups is 7. The monoisotopic (exact) mass is 1260 g/mol. The van der Waals surface area contributed by atoms with Crippen LogP contribution in [-0.4, -0.2) is 119 Å². The molecule has 2 saturated heterocycles. The van der Waals surface area contributed by atoms with E-state index in [0.717, 1.165) is 28.6 Å². The number of furan rings is 4. The molecule has 2 fully saturated rings. The van der Waals surface area contributed by atoms with Crippen LogP contribution in [0.2, 0.25) is 0 Å². The Labute approximate surface area is 526 Å². The van der Waals surface area contributed by atoms with E-state index in [0.29, 0.717) is 46.4 Å². The number of hydrogen-bond donors (Lipinski definition) is 1. The number of β-lactam (4-membered cyclic amide) rings is 2. The Hall–Kier alpha value is -10.4. The first-order valence-electron chi connectivity index (χ1n) is 27.8. The van der Waals surface area contributed by atoms with Crippen molar-refractivity contribution in [3.8, 4) is 23.0 Å². The topological polar surface area (TPSA) is 285 Å². The molecule has 24 heteroatoms. The number of nitrogens with zero attached hydrogens (tertiary/aromatic N) is 4. The molecule has 10 rings (SSSR count). The third-order valence-corrected chi connectivity index (χ3v) is 12.6. The largest absolute Gasteiger partial charge is 0.497 e. The molecule has 0 unspecified atom stereocenters. The molecule has 0 saturated carbocycles. The third kappa shape index (κ3) is 23.4. The van der Waals surface area contributed by atoms with Crippen molar-refractivity contribution in [1.29, 1.82) is 0 Å². The van der Waals surface area contributed by atoms with E-state index in [1.165, 1.54) is 59.2 Å². The second kappa shape index (κ2) is 38.7. The van der Waals surface area contributed by atoms with Crippen LogP contribution in [0.1, 0.15) is 81.5 Å². The Morgan fingerprint density at radius 3 is 1.18 bits per heavy atom. The van der Waals surface area contributed by atoms with Crippen molar-refractivity contribution in [3.63, 3.8) is 0 Å². The standard InChI is InChI=1S/2C16H15NO5.C12H11NO2.C7H9NO.C6H15N.C5H4O2.C4H5ClO3/c2*1-10(18)22-15-14(13-4-3-9-21-13)17(16(15)19)11-5-7-12(20-2)8-6-11;1-14-11-6-4-10(5-7-11)13-9-12-3-2-8-15-12;1-9-7-4-2-6(8)3-5-7;1-4-7(5-2)6-3;6-4-5-2-1-3-7-5;1-3(6)8-2-4(5)7/h2*3-9,14-15H,1-2H3;2-9H,1H3;2-5H,8H2,1H3;4-6H2,1-3H3;1-4H;2H2,1H3/t2*14-,15+;;;;;/m00...../s1. The summed E-state index contributed by atoms with van der Waals surface area (Å²) < 4.78 is 55.1. The van der Waals surface area contributed by atoms with Crippen molar-refractivity contribution in [2.45, 2.75) is 65.8 Å². The molecular formula is C66H74ClN5O18. The van der Waals surface area contributed by atoms with Crippen LogP contribution in [0, 0.1) is 0 Å². The number of nitrogen functional groups attached to an aromatic ring is 1. The predicted octanol–water partition coefficient (Wildman–Crippen LogP) is 11.7. The van der Waals surface area contributed by atoms with Crippen molar-refractivity contribution in [1.82, 2.24) is 4.90 Å². The molecule has 2 aliphatic heterocycles. The van der Waals surface area contributed by atoms with Gasteiger partial charge in [0, 0.05) is 37.8 Å². The number of anilines is 3. The fourth-order valence-corrected chi connectivity index (χ4v) is 8.06. The van der Waals surface area contributed by atoms with Gasteiger partial charge in [-0.3, -0.25) is 48.4 Å². The van der Waals surface area contributed by atoms with Crippen LogP contribution in [0.15, 0.2) is 193 Å². The van der Waals surface area contributed by atoms with E-state index >= 15 is 0 Å². The molecule has 0 spiro atoms. The lowest BCUT2D eigenvalue weighted by atomic mass is 9.94. The van der Waals surface area contributed by atoms with E-state index in [1.54, 1.807) is 148 Å². The fraction of sp³-hybridized carbons (Fsp3) is 0.273. The highest BCUT2D eigenvalue weighted by Crippen LogP contribution is 2.43. The highest BCUT2D eigenvalue weighted by molar-refractivity contribution is 6.64. The van der Waals surface area contributed by atoms with E-state index in [9.17, 15) is 33.6 Å². The molecule has 2 amide bonds. The first-order valence-corrected chi connectivity index (χ1v) is 28.2. The molecule has 4 aromatic carbocycles. The molecule has 0 bridgehead atoms. The number of aldehydes is 1. The molecule has 0 radical (unpaired) electrons. The zero-order chi connectivity index (χ0) is 66.0. The normalized spacial score (nSPS) is 14.9. The van der Waals surface area contributed by atoms with Crippen molar-refractivity contribution < 1.29 is 84.4 Å². The van der Waals surface area contributed by atoms with Crippen LogP contribution in [-0.2, 0) is 43.0 Å². The summed E-state index contributed by atoms with van der Waals surface area (Å²) in [6.45, 7) is 13.6. The molecule has 478 valence electrons. The number of benzene rings is 4. The average molecular weight is 1260 g/mol. The molecule has 2 N–H and O–H groups in total. The maximum atomic E-state index is 12.3. The third-order valence-electron chi connectivity index (χ3n) is 12.5. The summed E-state index contributed by atoms with van der Waals surface area (Å²) in [4.78, 5) is 86.3. The van der Waals surface area contributed by atoms with Crippen molar-refractivity contribution in [3.05, 3.63) is 194 Å². The molecule has 23 nitrogen and oxygen atoms in total. The average Bonchev–Trinajstić information content (AvgIpc) is 1.06. The molecule has 90 heavy (non-hydrogen) atoms. The first kappa shape index (κ1) is 72.1. The quantitative estimate of drug-likeness (QED) is 0.0159. The maximum absolute atomic E-state index is 12.3. The number of hydrogen-bond acceptors (Lipinski definition) is 21. The van der Waals surface area contributed by atoms with Crippen LogP contribution in [0.25, 0.3) is 0 Å². The predicted molar refractivity (Wildman–Crippen MR) is 336 cm³/mol. The molecule has 8 aromatic rings. The van der Waals surface area contributed by atoms with E-state index in [-0.39, 0.29) is 18.4 Å². The van der Waals surface area contributed by atoms with Gasteiger partial charge in [0.05, 0.1) is 65.4 Å². The van der Waals surface area contributed by atoms with Gasteiger partial charge in [0.1, 0.15) is 52.4 Å². The minimum Gasteiger partial charge on any atom is -0.497 e. The van der Waals surface area contributed by atoms with Crippen LogP contribution in [0.4, 0.5) is 22.7 Å². The lowest BCUT2D eigenvalue weighted by Crippen LogP contribution is -2.60. The summed E-state index contributed by atoms with van der Waals surface area (Å²) >= 11 is 4.81. The maximum Gasteiger partial charge on any atom is 0.303 e. The van der Waals surface area contributed by atoms with Crippen LogP contribution < -0.4 is 34.5 Å². The molecule has 2 aliphatic rings. The zero-order valence-corrected chi connectivity index (χ0v) is 52.3. The van der Waals surface area contributed by atoms with Gasteiger partial charge in [-0.15, -0.1) is 0 Å². The highest BCUT2D eigenvalue weighted by Gasteiger charge is 2.54. The van der Waals surface area contributed by atoms with Gasteiger partial charge in [-0.25, -0.2) is 0 Å². The van der Waals surface area contributed by atoms with Gasteiger partial charge in [-0.1, -0.05) is 20.8 Å². The van der Waals surface area contributed by atoms with Crippen molar-refractivity contribution >= 4 is 81.8 Å². The molecule has 0 aliphatic carbocycles. The molecule has 4 aromatic heterocycles. The fourth-order valence-electron chi connectivity index (χ4n) is 8.01. The number of carbonyl (C=O) groups excluding carboxylic acids is 7. The van der Waals surface area contributed by atoms with E-state index in [2.05, 4.69) is 39.8 Å². The van der Waals surface area contributed by atoms with Crippen molar-refractivity contribution in [2.75, 3.05) is 70.2 Å². The number of rotatable bonds is 18. The lowest BCUT2D eigenvalue weighted by molar-refractivity contribution is -0.161. The van der Waals surface area contributed by atoms with E-state index in [4.69, 9.17) is 59.0 Å². The zero-order valence-electron chi connectivity index (χ0n) is 51.6. The second-order valence-electron chi connectivity index (χ2n) is 18.4. The minimum atomic E-state index is -0.856. The van der Waals surface area contributed by atoms with Crippen molar-refractivity contribution in [2.24, 2.45) is 4.99 Å². The number of nitrogens with two attached hydrogens (primary N) is 1. The minimum absolute atomic E-state index is 0.276. The van der Waals surface area contributed by atoms with Gasteiger partial charge < -0.3 is 61.5 Å². The van der Waals surface area contributed by atoms with Gasteiger partial charge in [0.25, 0.3) is 17.1 Å². The van der Waals surface area contributed by atoms with Gasteiger partial charge >= 0.3 is 17.9 Å². The number of esters is 3. The van der Waals surface area contributed by atoms with Crippen LogP contribution in [0.3, 0.4) is 0 Å². The summed E-state index contributed by atoms with van der Waals surface area (Å²) in [5.41, 5.74) is 8.43. The highest BCUT2D eigenvalue weighted by atomic mass is 35.5. The Bertz CT molecular complexity index is 3250. The SMILES string of the molecule is CC(=O)OCC(=O)Cl.CCN(CC)CC.COc1ccc(N)cc1.COc1ccc(N2C(=O)[C@H](OC(C)=O)[C@@H]2c2ccco2)cc1.COc1ccc(N2C(=O)[C@H](OC(C)=O)[C@@H]2c2ccco2)cc1.COc1ccc(N=Cc2ccco2)cc1.O=Cc1ccco1. The van der Waals surface area contributed by atoms with Gasteiger partial charge in [0.2, 0.25) is 12.2 Å². The Morgan fingerprint density at radius 2 is 0.900 bits per heavy atom. The Kier molecular flexibility index (Phi) is 31.0. The first-order chi connectivity index (χ1) is 43.3. The number of halogens is 1. The van der Waals surface area contributed by atoms with Crippen LogP contribution in [0.5, 0.6) is 23.0 Å². The smallest absolute Gasteiger partial charge is 0.303 e. The second-order valence-corrected chi connectivity index (χ2v) is 18.8. The molecule has 4 atom stereocenters. The molecule has 6 heterocycles. The summed E-state index contributed by atoms with van der Waals surface area (Å²) in [6.07, 6.45) is 6.77. The summed E-state index contributed by atoms with van der Waals surface area (Å²) in [5, 5.41) is -0.666. The van der Waals surface area contributed by atoms with E-state index < -0.39 is 47.4 Å². The Balaban J connectivity index is 0.000000237. The summed E-state index contributed by atoms with van der Waals surface area (Å²) in [5.74, 6) is 3.27. The molecular weight excluding hydrogens is 1190 g/mol. The summed E-state index contributed by atoms with van der Waals surface area (Å²) in [7, 11) is 6.42. The van der Waals surface area contributed by atoms with Gasteiger partial charge in [0.15, 0.2) is 18.7 Å². The number of amides is 2. The van der Waals surface area contributed by atoms with Gasteiger partial charge in [-0.2, -0.15) is 0 Å². The summed E-state index contributed by atoms with van der Waals surface area (Å²) in [6, 6.07) is 41.9. The van der Waals surface area contributed by atoms with Gasteiger partial charge in [-0.05, 0) is 177 Å². The number of ether oxygens (including phenoxy) is 7. The van der Waals surface area contributed by atoms with E-state index in [1.807, 2.05) is 48.5 Å². The number of methoxy groups -OCH3 is 4. The Morgan fingerprint density at radius 1 is 0.533 bits per heavy atom. The lowest BCUT2D eigenvalue weighted by Gasteiger charge is -2.44. The number of aliphatic imine (C=N–C) groups is 1.